The molecule has 0 radical (unpaired) electrons. The summed E-state index contributed by atoms with van der Waals surface area (Å²) in [7, 11) is 0. The van der Waals surface area contributed by atoms with Crippen LogP contribution in [0.25, 0.3) is 0 Å². The Labute approximate surface area is 113 Å². The van der Waals surface area contributed by atoms with E-state index in [1.165, 1.54) is 18.5 Å². The number of aromatic nitrogens is 2. The first kappa shape index (κ1) is 8.36. The van der Waals surface area contributed by atoms with E-state index in [1.54, 1.807) is 0 Å². The molecule has 0 saturated heterocycles. The second-order valence-electron chi connectivity index (χ2n) is 2.23. The number of nitrogens with zero attached hydrogens (tertiary/aromatic N) is 1. The fourth-order valence-electron chi connectivity index (χ4n) is 0.834. The van der Waals surface area contributed by atoms with Crippen molar-refractivity contribution in [3.8, 4) is 0 Å². The maximum absolute atomic E-state index is 3.73. The van der Waals surface area contributed by atoms with Gasteiger partial charge in [-0.15, -0.1) is 11.9 Å². The van der Waals surface area contributed by atoms with Crippen LogP contribution in [0.5, 0.6) is 0 Å². The molecule has 1 N–H and O–H groups in total. The number of H-pyrrole nitrogens is 1. The van der Waals surface area contributed by atoms with Gasteiger partial charge in [0.25, 0.3) is 0 Å². The van der Waals surface area contributed by atoms with Gasteiger partial charge in [-0.25, -0.2) is 0 Å². The van der Waals surface area contributed by atoms with Crippen LogP contribution >= 0.6 is 0 Å². The van der Waals surface area contributed by atoms with Crippen molar-refractivity contribution in [2.45, 2.75) is 18.8 Å². The van der Waals surface area contributed by atoms with Crippen molar-refractivity contribution in [3.63, 3.8) is 0 Å². The van der Waals surface area contributed by atoms with Crippen molar-refractivity contribution in [1.29, 1.82) is 0 Å². The minimum atomic E-state index is 0. The summed E-state index contributed by atoms with van der Waals surface area (Å²) >= 11 is 0. The van der Waals surface area contributed by atoms with Crippen LogP contribution in [0.1, 0.15) is 24.5 Å². The zero-order valence-electron chi connectivity index (χ0n) is 5.52. The van der Waals surface area contributed by atoms with Crippen molar-refractivity contribution in [1.82, 2.24) is 10.2 Å². The molecule has 2 nitrogen and oxygen atoms in total. The Morgan fingerprint density at radius 1 is 1.67 bits per heavy atom. The molecule has 1 aromatic rings. The molecule has 42 valence electrons. The fraction of sp³-hybridized carbons (Fsp3) is 0.500. The van der Waals surface area contributed by atoms with E-state index in [2.05, 4.69) is 16.4 Å². The number of aromatic amines is 1. The van der Waals surface area contributed by atoms with Gasteiger partial charge >= 0.3 is 68.9 Å². The zero-order chi connectivity index (χ0) is 5.40. The number of hydrogen-bond acceptors (Lipinski definition) is 1. The van der Waals surface area contributed by atoms with Crippen molar-refractivity contribution in [2.24, 2.45) is 0 Å². The minimum Gasteiger partial charge on any atom is -0.379 e. The molecular weight excluding hydrogens is 233 g/mol. The first-order valence-electron chi connectivity index (χ1n) is 2.88. The quantitative estimate of drug-likeness (QED) is 0.570. The van der Waals surface area contributed by atoms with Gasteiger partial charge in [0.1, 0.15) is 0 Å². The average molecular weight is 240 g/mol. The molecule has 0 aliphatic heterocycles. The summed E-state index contributed by atoms with van der Waals surface area (Å²) in [6.45, 7) is 0. The predicted octanol–water partition coefficient (Wildman–Crippen LogP) is -1.91. The normalized spacial score (nSPS) is 16.9. The van der Waals surface area contributed by atoms with E-state index in [-0.39, 0.29) is 68.9 Å². The standard InChI is InChI=1S/C6H7N2.Cs/c1-2-5(1)6-3-4-7-8-6;/h3,5H,1-2H2,(H,7,8);/q-1;+1. The van der Waals surface area contributed by atoms with Gasteiger partial charge in [-0.1, -0.05) is 18.8 Å². The van der Waals surface area contributed by atoms with Crippen LogP contribution in [-0.4, -0.2) is 10.2 Å². The summed E-state index contributed by atoms with van der Waals surface area (Å²) in [5, 5.41) is 6.63. The van der Waals surface area contributed by atoms with E-state index in [0.29, 0.717) is 0 Å². The Bertz CT molecular complexity index is 167. The molecule has 1 fully saturated rings. The van der Waals surface area contributed by atoms with E-state index < -0.39 is 0 Å². The number of hydrogen-bond donors (Lipinski definition) is 1. The largest absolute Gasteiger partial charge is 1.00 e. The third-order valence-corrected chi connectivity index (χ3v) is 1.49. The van der Waals surface area contributed by atoms with Crippen LogP contribution in [0.4, 0.5) is 0 Å². The minimum absolute atomic E-state index is 0. The van der Waals surface area contributed by atoms with Gasteiger partial charge in [0.2, 0.25) is 0 Å². The molecule has 0 atom stereocenters. The van der Waals surface area contributed by atoms with Crippen molar-refractivity contribution in [2.75, 3.05) is 0 Å². The van der Waals surface area contributed by atoms with Crippen LogP contribution < -0.4 is 68.9 Å². The summed E-state index contributed by atoms with van der Waals surface area (Å²) in [5.74, 6) is 0.786. The Morgan fingerprint density at radius 3 is 2.89 bits per heavy atom. The Hall–Kier alpha value is 1.26. The third-order valence-electron chi connectivity index (χ3n) is 1.49. The predicted molar refractivity (Wildman–Crippen MR) is 29.4 cm³/mol. The zero-order valence-corrected chi connectivity index (χ0v) is 11.8. The second kappa shape index (κ2) is 3.59. The summed E-state index contributed by atoms with van der Waals surface area (Å²) in [6, 6.07) is 1.93. The number of rotatable bonds is 1. The first-order valence-corrected chi connectivity index (χ1v) is 2.88. The summed E-state index contributed by atoms with van der Waals surface area (Å²) in [4.78, 5) is 0. The molecule has 0 spiro atoms. The van der Waals surface area contributed by atoms with Gasteiger partial charge in [0, 0.05) is 0 Å². The monoisotopic (exact) mass is 240 g/mol. The molecule has 1 saturated carbocycles. The molecule has 1 aromatic heterocycles. The Morgan fingerprint density at radius 2 is 2.44 bits per heavy atom. The van der Waals surface area contributed by atoms with Gasteiger partial charge in [-0.05, 0) is 0 Å². The topological polar surface area (TPSA) is 28.7 Å². The van der Waals surface area contributed by atoms with Crippen LogP contribution in [0, 0.1) is 6.20 Å². The van der Waals surface area contributed by atoms with Gasteiger partial charge in [0.15, 0.2) is 0 Å². The van der Waals surface area contributed by atoms with E-state index >= 15 is 0 Å². The Kier molecular flexibility index (Phi) is 3.34. The second-order valence-corrected chi connectivity index (χ2v) is 2.23. The smallest absolute Gasteiger partial charge is 0.379 e. The summed E-state index contributed by atoms with van der Waals surface area (Å²) in [5.41, 5.74) is 1.25. The molecule has 2 rings (SSSR count). The van der Waals surface area contributed by atoms with E-state index in [1.807, 2.05) is 6.07 Å². The summed E-state index contributed by atoms with van der Waals surface area (Å²) < 4.78 is 0. The van der Waals surface area contributed by atoms with Gasteiger partial charge in [-0.3, -0.25) is 0 Å². The van der Waals surface area contributed by atoms with Crippen LogP contribution in [-0.2, 0) is 0 Å². The van der Waals surface area contributed by atoms with E-state index in [4.69, 9.17) is 0 Å². The fourth-order valence-corrected chi connectivity index (χ4v) is 0.834. The first-order chi connectivity index (χ1) is 3.97. The molecule has 0 unspecified atom stereocenters. The molecular formula is C6H7CsN2. The van der Waals surface area contributed by atoms with E-state index in [9.17, 15) is 0 Å². The molecule has 0 aromatic carbocycles. The van der Waals surface area contributed by atoms with Gasteiger partial charge in [0.05, 0.1) is 0 Å². The molecule has 0 bridgehead atoms. The van der Waals surface area contributed by atoms with E-state index in [0.717, 1.165) is 5.92 Å². The maximum atomic E-state index is 3.73. The number of nitrogens with one attached hydrogen (secondary N) is 1. The molecule has 1 aliphatic rings. The average Bonchev–Trinajstić information content (AvgIpc) is 2.49. The van der Waals surface area contributed by atoms with Crippen LogP contribution in [0.15, 0.2) is 6.07 Å². The van der Waals surface area contributed by atoms with Crippen LogP contribution in [0.3, 0.4) is 0 Å². The van der Waals surface area contributed by atoms with Crippen molar-refractivity contribution < 1.29 is 68.9 Å². The third kappa shape index (κ3) is 2.10. The van der Waals surface area contributed by atoms with Gasteiger partial charge < -0.3 is 10.2 Å². The maximum Gasteiger partial charge on any atom is 1.00 e. The summed E-state index contributed by atoms with van der Waals surface area (Å²) in [6.07, 6.45) is 5.40. The van der Waals surface area contributed by atoms with Gasteiger partial charge in [-0.2, -0.15) is 6.07 Å². The molecule has 3 heteroatoms. The Balaban J connectivity index is 0.000000405. The molecule has 1 aliphatic carbocycles. The molecule has 0 amide bonds. The van der Waals surface area contributed by atoms with Crippen molar-refractivity contribution in [3.05, 3.63) is 18.0 Å². The van der Waals surface area contributed by atoms with Crippen LogP contribution in [0.2, 0.25) is 0 Å². The van der Waals surface area contributed by atoms with Crippen molar-refractivity contribution >= 4 is 0 Å². The molecule has 9 heavy (non-hydrogen) atoms. The molecule has 1 heterocycles. The SMILES string of the molecule is [Cs+].[c-]1cc(C2CC2)[nH]n1.